The van der Waals surface area contributed by atoms with Gasteiger partial charge in [0.2, 0.25) is 0 Å². The van der Waals surface area contributed by atoms with E-state index in [0.717, 1.165) is 0 Å². The van der Waals surface area contributed by atoms with E-state index in [0.29, 0.717) is 40.4 Å². The molecule has 0 radical (unpaired) electrons. The lowest BCUT2D eigenvalue weighted by Gasteiger charge is -2.38. The molecule has 2 heterocycles. The highest BCUT2D eigenvalue weighted by Gasteiger charge is 2.56. The highest BCUT2D eigenvalue weighted by atomic mass is 35.5. The van der Waals surface area contributed by atoms with E-state index in [2.05, 4.69) is 15.8 Å². The minimum absolute atomic E-state index is 0.202. The fourth-order valence-corrected chi connectivity index (χ4v) is 4.76. The number of hydrazone groups is 1. The van der Waals surface area contributed by atoms with Crippen LogP contribution >= 0.6 is 11.6 Å². The van der Waals surface area contributed by atoms with Gasteiger partial charge < -0.3 is 24.1 Å². The summed E-state index contributed by atoms with van der Waals surface area (Å²) in [6, 6.07) is 13.6. The molecule has 1 aromatic heterocycles. The zero-order valence-electron chi connectivity index (χ0n) is 25.5. The summed E-state index contributed by atoms with van der Waals surface area (Å²) in [7, 11) is 1.55. The zero-order chi connectivity index (χ0) is 34.1. The number of nitro groups is 1. The standard InChI is InChI=1S/C30H32ClN7O9/c1-30(2)27(37(42)28(40)33-21-8-6-20(31)7-9-21)36(22-10-12-23(13-11-22)46-18-17-45-3)29(41)35(30)19-25(39)34-32-16-4-5-24-14-15-26(47-24)38(43)44/h4-16,27,42H,17-19H2,1-3H3,(H,33,40)(H,34,39)/b5-4+,32-16+. The molecular weight excluding hydrogens is 638 g/mol. The van der Waals surface area contributed by atoms with Gasteiger partial charge in [0.25, 0.3) is 5.91 Å². The second kappa shape index (κ2) is 15.2. The minimum Gasteiger partial charge on any atom is -0.491 e. The molecule has 2 aromatic carbocycles. The molecule has 0 aliphatic carbocycles. The van der Waals surface area contributed by atoms with Crippen molar-refractivity contribution in [1.82, 2.24) is 15.4 Å². The molecule has 0 bridgehead atoms. The molecule has 16 nitrogen and oxygen atoms in total. The summed E-state index contributed by atoms with van der Waals surface area (Å²) in [5.41, 5.74) is 1.64. The molecule has 3 N–H and O–H groups in total. The van der Waals surface area contributed by atoms with Crippen molar-refractivity contribution in [2.45, 2.75) is 25.6 Å². The molecule has 0 saturated carbocycles. The number of carbonyl (C=O) groups is 3. The number of ether oxygens (including phenoxy) is 2. The highest BCUT2D eigenvalue weighted by Crippen LogP contribution is 2.38. The lowest BCUT2D eigenvalue weighted by atomic mass is 9.99. The van der Waals surface area contributed by atoms with E-state index in [4.69, 9.17) is 25.5 Å². The molecule has 3 aromatic rings. The molecule has 17 heteroatoms. The van der Waals surface area contributed by atoms with Crippen molar-refractivity contribution in [1.29, 1.82) is 0 Å². The Morgan fingerprint density at radius 2 is 1.85 bits per heavy atom. The van der Waals surface area contributed by atoms with Crippen molar-refractivity contribution < 1.29 is 38.4 Å². The maximum Gasteiger partial charge on any atom is 0.433 e. The molecule has 1 unspecified atom stereocenters. The van der Waals surface area contributed by atoms with E-state index >= 15 is 0 Å². The quantitative estimate of drug-likeness (QED) is 0.0742. The van der Waals surface area contributed by atoms with E-state index in [9.17, 15) is 29.7 Å². The molecule has 1 aliphatic rings. The van der Waals surface area contributed by atoms with Gasteiger partial charge in [-0.05, 0) is 80.6 Å². The summed E-state index contributed by atoms with van der Waals surface area (Å²) < 4.78 is 15.6. The van der Waals surface area contributed by atoms with Crippen LogP contribution < -0.4 is 20.4 Å². The summed E-state index contributed by atoms with van der Waals surface area (Å²) in [6.45, 7) is 3.37. The Morgan fingerprint density at radius 3 is 2.49 bits per heavy atom. The molecule has 5 amide bonds. The number of carbonyl (C=O) groups excluding carboxylic acids is 3. The Hall–Kier alpha value is -5.45. The van der Waals surface area contributed by atoms with E-state index < -0.39 is 47.0 Å². The van der Waals surface area contributed by atoms with Crippen LogP contribution in [-0.2, 0) is 9.53 Å². The van der Waals surface area contributed by atoms with Gasteiger partial charge in [0.15, 0.2) is 6.17 Å². The summed E-state index contributed by atoms with van der Waals surface area (Å²) in [5, 5.41) is 29.2. The molecule has 1 fully saturated rings. The van der Waals surface area contributed by atoms with Crippen molar-refractivity contribution >= 4 is 59.1 Å². The first-order valence-electron chi connectivity index (χ1n) is 14.0. The van der Waals surface area contributed by atoms with Gasteiger partial charge in [-0.1, -0.05) is 11.6 Å². The van der Waals surface area contributed by atoms with Crippen molar-refractivity contribution in [3.05, 3.63) is 87.6 Å². The lowest BCUT2D eigenvalue weighted by Crippen LogP contribution is -2.58. The van der Waals surface area contributed by atoms with Crippen LogP contribution in [0.3, 0.4) is 0 Å². The predicted octanol–water partition coefficient (Wildman–Crippen LogP) is 4.95. The number of hydroxylamine groups is 2. The van der Waals surface area contributed by atoms with Crippen molar-refractivity contribution in [2.24, 2.45) is 5.10 Å². The number of allylic oxidation sites excluding steroid dienone is 1. The molecule has 1 atom stereocenters. The molecule has 1 aliphatic heterocycles. The monoisotopic (exact) mass is 669 g/mol. The summed E-state index contributed by atoms with van der Waals surface area (Å²) in [6.07, 6.45) is 2.69. The number of methoxy groups -OCH3 is 1. The van der Waals surface area contributed by atoms with Crippen molar-refractivity contribution in [3.63, 3.8) is 0 Å². The fraction of sp³-hybridized carbons (Fsp3) is 0.267. The van der Waals surface area contributed by atoms with Gasteiger partial charge in [0, 0.05) is 29.7 Å². The number of halogens is 1. The first-order chi connectivity index (χ1) is 22.4. The molecule has 4 rings (SSSR count). The number of anilines is 2. The third-order valence-corrected chi connectivity index (χ3v) is 7.17. The molecule has 0 spiro atoms. The molecule has 248 valence electrons. The Kier molecular flexibility index (Phi) is 11.1. The molecule has 1 saturated heterocycles. The number of urea groups is 2. The largest absolute Gasteiger partial charge is 0.491 e. The number of hydrogen-bond donors (Lipinski definition) is 3. The second-order valence-electron chi connectivity index (χ2n) is 10.5. The SMILES string of the molecule is COCCOc1ccc(N2C(=O)N(CC(=O)N/N=C/C=C/c3ccc([N+](=O)[O-])o3)C(C)(C)C2N(O)C(=O)Nc2ccc(Cl)cc2)cc1. The first-order valence-corrected chi connectivity index (χ1v) is 14.4. The van der Waals surface area contributed by atoms with Crippen LogP contribution in [0.5, 0.6) is 5.75 Å². The number of nitrogens with zero attached hydrogens (tertiary/aromatic N) is 5. The van der Waals surface area contributed by atoms with Crippen LogP contribution in [0.1, 0.15) is 19.6 Å². The van der Waals surface area contributed by atoms with Gasteiger partial charge in [0.1, 0.15) is 29.6 Å². The maximum atomic E-state index is 13.9. The highest BCUT2D eigenvalue weighted by molar-refractivity contribution is 6.30. The van der Waals surface area contributed by atoms with Gasteiger partial charge in [0.05, 0.1) is 18.2 Å². The lowest BCUT2D eigenvalue weighted by molar-refractivity contribution is -0.402. The van der Waals surface area contributed by atoms with Gasteiger partial charge >= 0.3 is 17.9 Å². The summed E-state index contributed by atoms with van der Waals surface area (Å²) in [5.74, 6) is -0.394. The van der Waals surface area contributed by atoms with E-state index in [1.54, 1.807) is 69.5 Å². The van der Waals surface area contributed by atoms with Crippen LogP contribution in [-0.4, -0.2) is 82.9 Å². The van der Waals surface area contributed by atoms with Gasteiger partial charge in [-0.25, -0.2) is 15.0 Å². The van der Waals surface area contributed by atoms with Gasteiger partial charge in [-0.2, -0.15) is 10.2 Å². The number of hydrogen-bond acceptors (Lipinski definition) is 10. The number of furan rings is 1. The number of benzene rings is 2. The predicted molar refractivity (Wildman–Crippen MR) is 171 cm³/mol. The van der Waals surface area contributed by atoms with Crippen molar-refractivity contribution in [2.75, 3.05) is 37.1 Å². The third-order valence-electron chi connectivity index (χ3n) is 6.92. The average Bonchev–Trinajstić information content (AvgIpc) is 3.59. The Bertz CT molecular complexity index is 1640. The Labute approximate surface area is 273 Å². The molecule has 47 heavy (non-hydrogen) atoms. The zero-order valence-corrected chi connectivity index (χ0v) is 26.3. The van der Waals surface area contributed by atoms with E-state index in [-0.39, 0.29) is 5.76 Å². The van der Waals surface area contributed by atoms with E-state index in [1.807, 2.05) is 0 Å². The average molecular weight is 670 g/mol. The summed E-state index contributed by atoms with van der Waals surface area (Å²) >= 11 is 5.94. The Balaban J connectivity index is 1.52. The second-order valence-corrected chi connectivity index (χ2v) is 10.9. The van der Waals surface area contributed by atoms with Crippen molar-refractivity contribution in [3.8, 4) is 5.75 Å². The fourth-order valence-electron chi connectivity index (χ4n) is 4.64. The topological polar surface area (TPSA) is 192 Å². The van der Waals surface area contributed by atoms with Crippen LogP contribution in [0.2, 0.25) is 5.02 Å². The minimum atomic E-state index is -1.33. The number of amides is 5. The van der Waals surface area contributed by atoms with Crippen LogP contribution in [0.4, 0.5) is 26.8 Å². The third kappa shape index (κ3) is 8.43. The first kappa shape index (κ1) is 34.4. The smallest absolute Gasteiger partial charge is 0.433 e. The number of rotatable bonds is 13. The molecular formula is C30H32ClN7O9. The maximum absolute atomic E-state index is 13.9. The van der Waals surface area contributed by atoms with Crippen LogP contribution in [0.25, 0.3) is 6.08 Å². The normalized spacial score (nSPS) is 15.8. The number of nitrogens with one attached hydrogen (secondary N) is 2. The van der Waals surface area contributed by atoms with Crippen LogP contribution in [0.15, 0.2) is 76.3 Å². The van der Waals surface area contributed by atoms with Crippen LogP contribution in [0, 0.1) is 10.1 Å². The summed E-state index contributed by atoms with van der Waals surface area (Å²) in [4.78, 5) is 52.5. The van der Waals surface area contributed by atoms with Gasteiger partial charge in [-0.15, -0.1) is 0 Å². The van der Waals surface area contributed by atoms with Gasteiger partial charge in [-0.3, -0.25) is 25.0 Å². The van der Waals surface area contributed by atoms with E-state index in [1.165, 1.54) is 40.3 Å². The Morgan fingerprint density at radius 1 is 1.15 bits per heavy atom.